The third-order valence-corrected chi connectivity index (χ3v) is 3.23. The van der Waals surface area contributed by atoms with Crippen molar-refractivity contribution in [1.82, 2.24) is 0 Å². The molecule has 0 fully saturated rings. The lowest BCUT2D eigenvalue weighted by Gasteiger charge is -2.19. The maximum atomic E-state index is 11.1. The van der Waals surface area contributed by atoms with E-state index in [-0.39, 0.29) is 0 Å². The lowest BCUT2D eigenvalue weighted by molar-refractivity contribution is -0.178. The molecule has 1 rings (SSSR count). The Bertz CT molecular complexity index is 506. The Morgan fingerprint density at radius 3 is 2.20 bits per heavy atom. The number of halogens is 1. The average molecular weight is 341 g/mol. The van der Waals surface area contributed by atoms with Crippen LogP contribution in [0.3, 0.4) is 0 Å². The quantitative estimate of drug-likeness (QED) is 0.605. The molecule has 1 aromatic rings. The summed E-state index contributed by atoms with van der Waals surface area (Å²) in [6, 6.07) is 7.63. The van der Waals surface area contributed by atoms with Crippen LogP contribution in [0, 0.1) is 0 Å². The predicted octanol–water partition coefficient (Wildman–Crippen LogP) is 3.69. The van der Waals surface area contributed by atoms with Gasteiger partial charge in [0.1, 0.15) is 0 Å². The summed E-state index contributed by atoms with van der Waals surface area (Å²) in [5.41, 5.74) is 1.64. The van der Waals surface area contributed by atoms with Crippen molar-refractivity contribution in [3.63, 3.8) is 0 Å². The van der Waals surface area contributed by atoms with Gasteiger partial charge in [-0.2, -0.15) is 0 Å². The molecule has 0 radical (unpaired) electrons. The highest BCUT2D eigenvalue weighted by Crippen LogP contribution is 2.23. The number of hydrogen-bond donors (Lipinski definition) is 0. The van der Waals surface area contributed by atoms with Crippen molar-refractivity contribution in [2.24, 2.45) is 0 Å². The van der Waals surface area contributed by atoms with E-state index in [1.54, 1.807) is 0 Å². The Balaban J connectivity index is 3.08. The molecule has 20 heavy (non-hydrogen) atoms. The molecule has 108 valence electrons. The summed E-state index contributed by atoms with van der Waals surface area (Å²) < 4.78 is 11.0. The summed E-state index contributed by atoms with van der Waals surface area (Å²) >= 11 is 3.44. The fourth-order valence-electron chi connectivity index (χ4n) is 1.61. The van der Waals surface area contributed by atoms with Crippen molar-refractivity contribution in [1.29, 1.82) is 0 Å². The number of benzene rings is 1. The number of ether oxygens (including phenoxy) is 2. The normalized spacial score (nSPS) is 11.3. The molecule has 0 spiro atoms. The Labute approximate surface area is 126 Å². The maximum Gasteiger partial charge on any atom is 0.305 e. The number of rotatable bonds is 5. The minimum atomic E-state index is -0.984. The maximum absolute atomic E-state index is 11.1. The lowest BCUT2D eigenvalue weighted by atomic mass is 10.1. The second-order valence-corrected chi connectivity index (χ2v) is 5.00. The van der Waals surface area contributed by atoms with Gasteiger partial charge < -0.3 is 9.47 Å². The van der Waals surface area contributed by atoms with E-state index in [1.165, 1.54) is 13.8 Å². The molecule has 0 heterocycles. The zero-order valence-electron chi connectivity index (χ0n) is 11.7. The van der Waals surface area contributed by atoms with Gasteiger partial charge in [0.2, 0.25) is 0 Å². The zero-order valence-corrected chi connectivity index (χ0v) is 13.3. The average Bonchev–Trinajstić information content (AvgIpc) is 2.36. The Morgan fingerprint density at radius 2 is 1.75 bits per heavy atom. The first kappa shape index (κ1) is 16.4. The third kappa shape index (κ3) is 5.17. The minimum absolute atomic E-state index is 0.497. The second kappa shape index (κ2) is 7.85. The van der Waals surface area contributed by atoms with E-state index in [0.717, 1.165) is 10.0 Å². The molecular formula is C15H17BrO4. The highest BCUT2D eigenvalue weighted by Gasteiger charge is 2.19. The monoisotopic (exact) mass is 340 g/mol. The smallest absolute Gasteiger partial charge is 0.305 e. The Morgan fingerprint density at radius 1 is 1.20 bits per heavy atom. The van der Waals surface area contributed by atoms with Crippen LogP contribution in [0.1, 0.15) is 32.8 Å². The van der Waals surface area contributed by atoms with Gasteiger partial charge >= 0.3 is 11.9 Å². The second-order valence-electron chi connectivity index (χ2n) is 4.15. The van der Waals surface area contributed by atoms with Crippen molar-refractivity contribution in [3.05, 3.63) is 39.9 Å². The summed E-state index contributed by atoms with van der Waals surface area (Å²) in [5.74, 6) is -0.995. The largest absolute Gasteiger partial charge is 0.421 e. The van der Waals surface area contributed by atoms with Crippen molar-refractivity contribution < 1.29 is 19.1 Å². The van der Waals surface area contributed by atoms with Gasteiger partial charge in [0.15, 0.2) is 0 Å². The molecule has 0 bridgehead atoms. The highest BCUT2D eigenvalue weighted by atomic mass is 79.9. The lowest BCUT2D eigenvalue weighted by Crippen LogP contribution is -2.24. The predicted molar refractivity (Wildman–Crippen MR) is 79.7 cm³/mol. The van der Waals surface area contributed by atoms with Gasteiger partial charge in [0, 0.05) is 23.9 Å². The molecule has 0 saturated heterocycles. The molecule has 1 aromatic carbocycles. The summed E-state index contributed by atoms with van der Waals surface area (Å²) in [6.07, 6.45) is 1.45. The van der Waals surface area contributed by atoms with Crippen LogP contribution in [0.15, 0.2) is 34.3 Å². The van der Waals surface area contributed by atoms with Crippen LogP contribution in [0.4, 0.5) is 0 Å². The summed E-state index contributed by atoms with van der Waals surface area (Å²) in [5, 5.41) is 0. The number of carbonyl (C=O) groups excluding carboxylic acids is 2. The molecule has 0 aliphatic carbocycles. The molecule has 0 saturated carbocycles. The molecule has 0 unspecified atom stereocenters. The molecule has 0 atom stereocenters. The SMILES string of the molecule is CC/C(=C\c1ccccc1Br)C(OC(C)=O)OC(C)=O. The molecule has 0 N–H and O–H groups in total. The van der Waals surface area contributed by atoms with Gasteiger partial charge in [-0.1, -0.05) is 41.1 Å². The van der Waals surface area contributed by atoms with E-state index >= 15 is 0 Å². The molecule has 0 aliphatic rings. The van der Waals surface area contributed by atoms with Gasteiger partial charge in [0.05, 0.1) is 0 Å². The van der Waals surface area contributed by atoms with E-state index in [1.807, 2.05) is 37.3 Å². The Kier molecular flexibility index (Phi) is 6.45. The first-order valence-corrected chi connectivity index (χ1v) is 7.02. The molecule has 0 amide bonds. The van der Waals surface area contributed by atoms with Crippen molar-refractivity contribution in [2.75, 3.05) is 0 Å². The van der Waals surface area contributed by atoms with Gasteiger partial charge in [-0.3, -0.25) is 9.59 Å². The zero-order chi connectivity index (χ0) is 15.1. The van der Waals surface area contributed by atoms with Crippen LogP contribution in [0.25, 0.3) is 6.08 Å². The van der Waals surface area contributed by atoms with Crippen LogP contribution in [-0.4, -0.2) is 18.2 Å². The van der Waals surface area contributed by atoms with Crippen molar-refractivity contribution >= 4 is 33.9 Å². The first-order valence-electron chi connectivity index (χ1n) is 6.23. The van der Waals surface area contributed by atoms with E-state index in [4.69, 9.17) is 9.47 Å². The first-order chi connectivity index (χ1) is 9.43. The molecule has 4 nitrogen and oxygen atoms in total. The standard InChI is InChI=1S/C15H17BrO4/c1-4-12(9-13-7-5-6-8-14(13)16)15(19-10(2)17)20-11(3)18/h5-9,15H,4H2,1-3H3/b12-9+. The summed E-state index contributed by atoms with van der Waals surface area (Å²) in [7, 11) is 0. The van der Waals surface area contributed by atoms with Crippen molar-refractivity contribution in [3.8, 4) is 0 Å². The number of carbonyl (C=O) groups is 2. The molecule has 0 aliphatic heterocycles. The fraction of sp³-hybridized carbons (Fsp3) is 0.333. The van der Waals surface area contributed by atoms with Crippen LogP contribution >= 0.6 is 15.9 Å². The molecular weight excluding hydrogens is 324 g/mol. The van der Waals surface area contributed by atoms with Gasteiger partial charge in [-0.15, -0.1) is 0 Å². The molecule has 5 heteroatoms. The van der Waals surface area contributed by atoms with Crippen LogP contribution in [0.2, 0.25) is 0 Å². The van der Waals surface area contributed by atoms with E-state index in [9.17, 15) is 9.59 Å². The number of hydrogen-bond acceptors (Lipinski definition) is 4. The van der Waals surface area contributed by atoms with Crippen molar-refractivity contribution in [2.45, 2.75) is 33.5 Å². The van der Waals surface area contributed by atoms with Gasteiger partial charge in [0.25, 0.3) is 6.29 Å². The third-order valence-electron chi connectivity index (χ3n) is 2.50. The van der Waals surface area contributed by atoms with E-state index in [2.05, 4.69) is 15.9 Å². The minimum Gasteiger partial charge on any atom is -0.421 e. The molecule has 0 aromatic heterocycles. The Hall–Kier alpha value is -1.62. The summed E-state index contributed by atoms with van der Waals surface area (Å²) in [6.45, 7) is 4.47. The summed E-state index contributed by atoms with van der Waals surface area (Å²) in [4.78, 5) is 22.3. The highest BCUT2D eigenvalue weighted by molar-refractivity contribution is 9.10. The van der Waals surface area contributed by atoms with Gasteiger partial charge in [-0.25, -0.2) is 0 Å². The van der Waals surface area contributed by atoms with Crippen LogP contribution in [-0.2, 0) is 19.1 Å². The van der Waals surface area contributed by atoms with E-state index < -0.39 is 18.2 Å². The topological polar surface area (TPSA) is 52.6 Å². The fourth-order valence-corrected chi connectivity index (χ4v) is 2.00. The van der Waals surface area contributed by atoms with E-state index in [0.29, 0.717) is 12.0 Å². The van der Waals surface area contributed by atoms with Crippen LogP contribution < -0.4 is 0 Å². The number of esters is 2. The van der Waals surface area contributed by atoms with Crippen LogP contribution in [0.5, 0.6) is 0 Å². The van der Waals surface area contributed by atoms with Gasteiger partial charge in [-0.05, 0) is 24.1 Å².